The van der Waals surface area contributed by atoms with Crippen LogP contribution in [0.15, 0.2) is 95.5 Å². The number of halogens is 1. The number of rotatable bonds is 5. The Bertz CT molecular complexity index is 1940. The van der Waals surface area contributed by atoms with Gasteiger partial charge >= 0.3 is 0 Å². The molecule has 4 heterocycles. The van der Waals surface area contributed by atoms with Gasteiger partial charge in [0.25, 0.3) is 0 Å². The molecule has 218 valence electrons. The summed E-state index contributed by atoms with van der Waals surface area (Å²) in [5.41, 5.74) is 2.32. The maximum atomic E-state index is 15.0. The molecule has 8 nitrogen and oxygen atoms in total. The maximum absolute atomic E-state index is 15.0. The number of hydrogen-bond acceptors (Lipinski definition) is 7. The van der Waals surface area contributed by atoms with Gasteiger partial charge in [-0.3, -0.25) is 14.4 Å². The Balaban J connectivity index is 1.40. The number of benzene rings is 4. The van der Waals surface area contributed by atoms with Gasteiger partial charge in [0.15, 0.2) is 23.1 Å². The third-order valence-corrected chi connectivity index (χ3v) is 9.81. The molecule has 1 amide bonds. The highest BCUT2D eigenvalue weighted by Gasteiger charge is 2.70. The standard InChI is InChI=1S/C35H25BrN2O6/c1-42-26-13-10-20(16-23(26)36)33(40)31-30(32(39)21-11-14-27-28(17-21)44-18-43-27)35(22-7-3-4-8-24(22)37-34(35)41)29-15-12-19-6-2-5-9-25(19)38(29)31/h2-17,29-31H,18H2,1H3,(H,37,41)/t29-,30+,31+,35-/m1/s1. The molecular weight excluding hydrogens is 624 g/mol. The van der Waals surface area contributed by atoms with Crippen molar-refractivity contribution in [2.45, 2.75) is 17.5 Å². The summed E-state index contributed by atoms with van der Waals surface area (Å²) in [4.78, 5) is 46.4. The summed E-state index contributed by atoms with van der Waals surface area (Å²) >= 11 is 3.52. The Hall–Kier alpha value is -4.89. The first-order valence-electron chi connectivity index (χ1n) is 14.2. The third-order valence-electron chi connectivity index (χ3n) is 9.19. The second kappa shape index (κ2) is 9.82. The van der Waals surface area contributed by atoms with E-state index in [9.17, 15) is 9.59 Å². The first kappa shape index (κ1) is 26.7. The number of nitrogens with zero attached hydrogens (tertiary/aromatic N) is 1. The van der Waals surface area contributed by atoms with Crippen LogP contribution in [-0.4, -0.2) is 43.5 Å². The second-order valence-corrected chi connectivity index (χ2v) is 12.1. The van der Waals surface area contributed by atoms with E-state index in [2.05, 4.69) is 21.2 Å². The van der Waals surface area contributed by atoms with E-state index in [1.807, 2.05) is 65.6 Å². The van der Waals surface area contributed by atoms with Crippen molar-refractivity contribution in [1.82, 2.24) is 0 Å². The lowest BCUT2D eigenvalue weighted by Crippen LogP contribution is -2.51. The Kier molecular flexibility index (Phi) is 5.96. The molecule has 4 aliphatic rings. The minimum Gasteiger partial charge on any atom is -0.496 e. The highest BCUT2D eigenvalue weighted by atomic mass is 79.9. The van der Waals surface area contributed by atoms with Crippen molar-refractivity contribution in [3.63, 3.8) is 0 Å². The summed E-state index contributed by atoms with van der Waals surface area (Å²) in [6.45, 7) is 0.0566. The fraction of sp³-hybridized carbons (Fsp3) is 0.171. The highest BCUT2D eigenvalue weighted by molar-refractivity contribution is 9.10. The number of carbonyl (C=O) groups excluding carboxylic acids is 3. The largest absolute Gasteiger partial charge is 0.496 e. The van der Waals surface area contributed by atoms with Gasteiger partial charge in [-0.1, -0.05) is 48.6 Å². The lowest BCUT2D eigenvalue weighted by molar-refractivity contribution is -0.121. The number of methoxy groups -OCH3 is 1. The van der Waals surface area contributed by atoms with Crippen molar-refractivity contribution in [3.05, 3.63) is 118 Å². The van der Waals surface area contributed by atoms with E-state index in [0.717, 1.165) is 11.3 Å². The zero-order valence-corrected chi connectivity index (χ0v) is 25.0. The molecule has 0 bridgehead atoms. The fourth-order valence-corrected chi connectivity index (χ4v) is 7.88. The number of para-hydroxylation sites is 2. The number of carbonyl (C=O) groups is 3. The summed E-state index contributed by atoms with van der Waals surface area (Å²) < 4.78 is 17.1. The first-order valence-corrected chi connectivity index (χ1v) is 15.0. The Morgan fingerprint density at radius 1 is 0.932 bits per heavy atom. The van der Waals surface area contributed by atoms with Crippen LogP contribution < -0.4 is 24.4 Å². The van der Waals surface area contributed by atoms with E-state index in [0.29, 0.717) is 44.1 Å². The van der Waals surface area contributed by atoms with Crippen molar-refractivity contribution in [2.75, 3.05) is 24.1 Å². The topological polar surface area (TPSA) is 94.2 Å². The zero-order valence-electron chi connectivity index (χ0n) is 23.5. The van der Waals surface area contributed by atoms with Gasteiger partial charge < -0.3 is 24.4 Å². The zero-order chi connectivity index (χ0) is 30.2. The molecule has 0 saturated carbocycles. The summed E-state index contributed by atoms with van der Waals surface area (Å²) in [6.07, 6.45) is 3.94. The van der Waals surface area contributed by atoms with Crippen LogP contribution in [0, 0.1) is 5.92 Å². The van der Waals surface area contributed by atoms with Gasteiger partial charge in [-0.25, -0.2) is 0 Å². The lowest BCUT2D eigenvalue weighted by Gasteiger charge is -2.37. The molecule has 1 N–H and O–H groups in total. The van der Waals surface area contributed by atoms with Crippen LogP contribution in [0.2, 0.25) is 0 Å². The first-order chi connectivity index (χ1) is 21.4. The van der Waals surface area contributed by atoms with E-state index >= 15 is 4.79 Å². The summed E-state index contributed by atoms with van der Waals surface area (Å²) in [5.74, 6) is -0.465. The van der Waals surface area contributed by atoms with Crippen LogP contribution in [0.5, 0.6) is 17.2 Å². The molecule has 9 heteroatoms. The number of fused-ring (bicyclic) bond motifs is 7. The van der Waals surface area contributed by atoms with E-state index in [1.54, 1.807) is 43.5 Å². The van der Waals surface area contributed by atoms with Crippen LogP contribution in [0.4, 0.5) is 11.4 Å². The number of Topliss-reactive ketones (excluding diaryl/α,β-unsaturated/α-hetero) is 2. The quantitative estimate of drug-likeness (QED) is 0.264. The molecule has 0 aliphatic carbocycles. The molecule has 1 spiro atoms. The van der Waals surface area contributed by atoms with Gasteiger partial charge in [-0.15, -0.1) is 0 Å². The Morgan fingerprint density at radius 2 is 1.68 bits per heavy atom. The van der Waals surface area contributed by atoms with Crippen LogP contribution in [0.3, 0.4) is 0 Å². The number of ketones is 2. The van der Waals surface area contributed by atoms with E-state index < -0.39 is 23.4 Å². The molecule has 4 aromatic rings. The van der Waals surface area contributed by atoms with Crippen LogP contribution >= 0.6 is 15.9 Å². The molecule has 1 fully saturated rings. The molecule has 8 rings (SSSR count). The third kappa shape index (κ3) is 3.59. The minimum atomic E-state index is -1.40. The fourth-order valence-electron chi connectivity index (χ4n) is 7.34. The average Bonchev–Trinajstić information content (AvgIpc) is 3.73. The van der Waals surface area contributed by atoms with Gasteiger partial charge in [0.05, 0.1) is 23.5 Å². The molecule has 4 atom stereocenters. The second-order valence-electron chi connectivity index (χ2n) is 11.2. The summed E-state index contributed by atoms with van der Waals surface area (Å²) in [6, 6.07) is 23.7. The van der Waals surface area contributed by atoms with Gasteiger partial charge in [-0.05, 0) is 75.6 Å². The molecule has 4 aromatic carbocycles. The molecular formula is C35H25BrN2O6. The predicted octanol–water partition coefficient (Wildman–Crippen LogP) is 6.04. The van der Waals surface area contributed by atoms with Crippen LogP contribution in [-0.2, 0) is 10.2 Å². The number of ether oxygens (including phenoxy) is 3. The monoisotopic (exact) mass is 648 g/mol. The van der Waals surface area contributed by atoms with Crippen molar-refractivity contribution in [2.24, 2.45) is 5.92 Å². The van der Waals surface area contributed by atoms with E-state index in [1.165, 1.54) is 0 Å². The van der Waals surface area contributed by atoms with Crippen molar-refractivity contribution in [1.29, 1.82) is 0 Å². The van der Waals surface area contributed by atoms with Gasteiger partial charge in [0, 0.05) is 22.5 Å². The van der Waals surface area contributed by atoms with Gasteiger partial charge in [0.1, 0.15) is 17.2 Å². The van der Waals surface area contributed by atoms with Crippen molar-refractivity contribution in [3.8, 4) is 17.2 Å². The number of hydrogen-bond donors (Lipinski definition) is 1. The predicted molar refractivity (Wildman–Crippen MR) is 168 cm³/mol. The van der Waals surface area contributed by atoms with Gasteiger partial charge in [-0.2, -0.15) is 0 Å². The number of amides is 1. The molecule has 0 unspecified atom stereocenters. The minimum absolute atomic E-state index is 0.0566. The average molecular weight is 649 g/mol. The van der Waals surface area contributed by atoms with E-state index in [-0.39, 0.29) is 24.3 Å². The van der Waals surface area contributed by atoms with Crippen LogP contribution in [0.1, 0.15) is 31.8 Å². The van der Waals surface area contributed by atoms with Crippen molar-refractivity contribution >= 4 is 50.9 Å². The Morgan fingerprint density at radius 3 is 2.52 bits per heavy atom. The molecule has 1 saturated heterocycles. The van der Waals surface area contributed by atoms with E-state index in [4.69, 9.17) is 14.2 Å². The SMILES string of the molecule is COc1ccc(C(=O)[C@@H]2[C@@H](C(=O)c3ccc4c(c3)OCO4)[C@]3(C(=O)Nc4ccccc43)[C@H]3C=Cc4ccccc4N23)cc1Br. The molecule has 0 aromatic heterocycles. The molecule has 4 aliphatic heterocycles. The highest BCUT2D eigenvalue weighted by Crippen LogP contribution is 2.58. The van der Waals surface area contributed by atoms with Crippen LogP contribution in [0.25, 0.3) is 6.08 Å². The summed E-state index contributed by atoms with van der Waals surface area (Å²) in [5, 5.41) is 3.06. The smallest absolute Gasteiger partial charge is 0.238 e. The Labute approximate surface area is 261 Å². The maximum Gasteiger partial charge on any atom is 0.238 e. The van der Waals surface area contributed by atoms with Gasteiger partial charge in [0.2, 0.25) is 12.7 Å². The molecule has 44 heavy (non-hydrogen) atoms. The normalized spacial score (nSPS) is 23.6. The number of anilines is 2. The summed E-state index contributed by atoms with van der Waals surface area (Å²) in [7, 11) is 1.56. The molecule has 0 radical (unpaired) electrons. The number of nitrogens with one attached hydrogen (secondary N) is 1. The lowest BCUT2D eigenvalue weighted by atomic mass is 9.64. The van der Waals surface area contributed by atoms with Crippen molar-refractivity contribution < 1.29 is 28.6 Å².